The van der Waals surface area contributed by atoms with Crippen LogP contribution in [0.4, 0.5) is 0 Å². The summed E-state index contributed by atoms with van der Waals surface area (Å²) < 4.78 is 0. The molecule has 1 aromatic heterocycles. The zero-order valence-electron chi connectivity index (χ0n) is 19.4. The minimum atomic E-state index is -0.952. The van der Waals surface area contributed by atoms with Crippen LogP contribution in [0.1, 0.15) is 57.9 Å². The average Bonchev–Trinajstić information content (AvgIpc) is 2.85. The van der Waals surface area contributed by atoms with Crippen molar-refractivity contribution in [1.82, 2.24) is 4.98 Å². The van der Waals surface area contributed by atoms with Crippen molar-refractivity contribution in [2.45, 2.75) is 25.2 Å². The number of rotatable bonds is 8. The molecule has 2 unspecified atom stereocenters. The lowest BCUT2D eigenvalue weighted by Crippen LogP contribution is -2.17. The van der Waals surface area contributed by atoms with Gasteiger partial charge in [-0.2, -0.15) is 0 Å². The Bertz CT molecular complexity index is 1350. The predicted octanol–water partition coefficient (Wildman–Crippen LogP) is 6.20. The van der Waals surface area contributed by atoms with E-state index in [4.69, 9.17) is 11.6 Å². The first-order chi connectivity index (χ1) is 16.5. The molecule has 180 valence electrons. The molecule has 4 rings (SSSR count). The SMILES string of the molecule is CCC(c1ccccc1C(=O)O)C(CO)c1cccc(C=Cc2ccc3ccc(Cl)cc3n2)c1.O. The van der Waals surface area contributed by atoms with E-state index in [0.29, 0.717) is 11.4 Å². The van der Waals surface area contributed by atoms with E-state index in [1.807, 2.05) is 85.8 Å². The number of pyridine rings is 1. The fraction of sp³-hybridized carbons (Fsp3) is 0.172. The van der Waals surface area contributed by atoms with Crippen molar-refractivity contribution in [3.05, 3.63) is 112 Å². The molecule has 1 heterocycles. The number of aromatic carboxylic acids is 1. The van der Waals surface area contributed by atoms with E-state index in [1.165, 1.54) is 0 Å². The maximum absolute atomic E-state index is 11.8. The number of carboxylic acids is 1. The summed E-state index contributed by atoms with van der Waals surface area (Å²) in [5, 5.41) is 21.6. The van der Waals surface area contributed by atoms with Gasteiger partial charge in [0.25, 0.3) is 0 Å². The summed E-state index contributed by atoms with van der Waals surface area (Å²) in [6.07, 6.45) is 4.65. The minimum absolute atomic E-state index is 0. The molecule has 5 nitrogen and oxygen atoms in total. The van der Waals surface area contributed by atoms with E-state index in [1.54, 1.807) is 12.1 Å². The summed E-state index contributed by atoms with van der Waals surface area (Å²) in [5.74, 6) is -1.30. The van der Waals surface area contributed by atoms with Crippen LogP contribution in [0, 0.1) is 0 Å². The molecule has 4 aromatic rings. The zero-order chi connectivity index (χ0) is 24.1. The Hall–Kier alpha value is -3.51. The van der Waals surface area contributed by atoms with Gasteiger partial charge in [-0.3, -0.25) is 0 Å². The van der Waals surface area contributed by atoms with Gasteiger partial charge in [0.1, 0.15) is 0 Å². The molecular formula is C29H28ClNO4. The summed E-state index contributed by atoms with van der Waals surface area (Å²) in [4.78, 5) is 16.4. The molecule has 0 bridgehead atoms. The average molecular weight is 490 g/mol. The Kier molecular flexibility index (Phi) is 8.77. The molecule has 0 fully saturated rings. The minimum Gasteiger partial charge on any atom is -0.478 e. The second-order valence-electron chi connectivity index (χ2n) is 8.27. The summed E-state index contributed by atoms with van der Waals surface area (Å²) in [6.45, 7) is 1.94. The van der Waals surface area contributed by atoms with Crippen molar-refractivity contribution in [2.75, 3.05) is 6.61 Å². The molecule has 0 amide bonds. The van der Waals surface area contributed by atoms with Crippen LogP contribution in [0.5, 0.6) is 0 Å². The molecule has 2 atom stereocenters. The maximum Gasteiger partial charge on any atom is 0.335 e. The Morgan fingerprint density at radius 2 is 1.74 bits per heavy atom. The number of halogens is 1. The summed E-state index contributed by atoms with van der Waals surface area (Å²) in [6, 6.07) is 24.7. The third-order valence-corrected chi connectivity index (χ3v) is 6.41. The number of fused-ring (bicyclic) bond motifs is 1. The molecule has 0 saturated carbocycles. The normalized spacial score (nSPS) is 12.9. The maximum atomic E-state index is 11.8. The van der Waals surface area contributed by atoms with Crippen molar-refractivity contribution in [2.24, 2.45) is 0 Å². The lowest BCUT2D eigenvalue weighted by molar-refractivity contribution is 0.0694. The third kappa shape index (κ3) is 5.95. The molecule has 0 aliphatic carbocycles. The number of aromatic nitrogens is 1. The van der Waals surface area contributed by atoms with Crippen LogP contribution in [0.3, 0.4) is 0 Å². The highest BCUT2D eigenvalue weighted by Crippen LogP contribution is 2.37. The van der Waals surface area contributed by atoms with Crippen LogP contribution in [-0.4, -0.2) is 33.2 Å². The van der Waals surface area contributed by atoms with E-state index in [0.717, 1.165) is 33.3 Å². The molecule has 0 spiro atoms. The van der Waals surface area contributed by atoms with Crippen LogP contribution >= 0.6 is 11.6 Å². The number of carbonyl (C=O) groups is 1. The Labute approximate surface area is 209 Å². The van der Waals surface area contributed by atoms with Gasteiger partial charge in [-0.25, -0.2) is 9.78 Å². The van der Waals surface area contributed by atoms with Crippen LogP contribution in [0.25, 0.3) is 23.1 Å². The number of aliphatic hydroxyl groups is 1. The van der Waals surface area contributed by atoms with E-state index in [9.17, 15) is 15.0 Å². The second kappa shape index (κ2) is 11.8. The quantitative estimate of drug-likeness (QED) is 0.307. The number of hydrogen-bond donors (Lipinski definition) is 2. The van der Waals surface area contributed by atoms with Gasteiger partial charge in [-0.05, 0) is 59.4 Å². The molecule has 4 N–H and O–H groups in total. The first-order valence-corrected chi connectivity index (χ1v) is 11.7. The smallest absolute Gasteiger partial charge is 0.335 e. The van der Waals surface area contributed by atoms with E-state index >= 15 is 0 Å². The first-order valence-electron chi connectivity index (χ1n) is 11.3. The first kappa shape index (κ1) is 26.1. The molecule has 0 radical (unpaired) electrons. The van der Waals surface area contributed by atoms with Crippen molar-refractivity contribution in [3.8, 4) is 0 Å². The zero-order valence-corrected chi connectivity index (χ0v) is 20.1. The summed E-state index contributed by atoms with van der Waals surface area (Å²) >= 11 is 6.10. The van der Waals surface area contributed by atoms with Crippen molar-refractivity contribution in [1.29, 1.82) is 0 Å². The van der Waals surface area contributed by atoms with Gasteiger partial charge in [0.05, 0.1) is 23.4 Å². The Morgan fingerprint density at radius 1 is 0.971 bits per heavy atom. The van der Waals surface area contributed by atoms with Gasteiger partial charge in [0.15, 0.2) is 0 Å². The standard InChI is InChI=1S/C29H26ClNO3.H2O/c1-2-24(25-8-3-4-9-26(25)29(33)34)27(18-32)21-7-5-6-19(16-21)10-14-23-15-12-20-11-13-22(30)17-28(20)31-23;/h3-17,24,27,32H,2,18H2,1H3,(H,33,34);1H2. The van der Waals surface area contributed by atoms with E-state index in [-0.39, 0.29) is 29.5 Å². The van der Waals surface area contributed by atoms with Crippen molar-refractivity contribution < 1.29 is 20.5 Å². The highest BCUT2D eigenvalue weighted by molar-refractivity contribution is 6.31. The van der Waals surface area contributed by atoms with Gasteiger partial charge >= 0.3 is 5.97 Å². The summed E-state index contributed by atoms with van der Waals surface area (Å²) in [5.41, 5.74) is 4.63. The van der Waals surface area contributed by atoms with Crippen LogP contribution in [0.15, 0.2) is 78.9 Å². The third-order valence-electron chi connectivity index (χ3n) is 6.17. The van der Waals surface area contributed by atoms with Crippen molar-refractivity contribution >= 4 is 40.6 Å². The second-order valence-corrected chi connectivity index (χ2v) is 8.71. The number of hydrogen-bond acceptors (Lipinski definition) is 3. The monoisotopic (exact) mass is 489 g/mol. The van der Waals surface area contributed by atoms with E-state index < -0.39 is 5.97 Å². The van der Waals surface area contributed by atoms with Crippen LogP contribution < -0.4 is 0 Å². The number of nitrogens with zero attached hydrogens (tertiary/aromatic N) is 1. The summed E-state index contributed by atoms with van der Waals surface area (Å²) in [7, 11) is 0. The molecule has 0 aliphatic rings. The predicted molar refractivity (Wildman–Crippen MR) is 142 cm³/mol. The molecule has 35 heavy (non-hydrogen) atoms. The lowest BCUT2D eigenvalue weighted by atomic mass is 9.78. The van der Waals surface area contributed by atoms with Gasteiger partial charge < -0.3 is 15.7 Å². The van der Waals surface area contributed by atoms with Gasteiger partial charge in [-0.15, -0.1) is 0 Å². The number of carboxylic acid groups (broad SMARTS) is 1. The van der Waals surface area contributed by atoms with Crippen molar-refractivity contribution in [3.63, 3.8) is 0 Å². The molecular weight excluding hydrogens is 462 g/mol. The number of aliphatic hydroxyl groups excluding tert-OH is 1. The fourth-order valence-electron chi connectivity index (χ4n) is 4.48. The van der Waals surface area contributed by atoms with Gasteiger partial charge in [-0.1, -0.05) is 79.2 Å². The highest BCUT2D eigenvalue weighted by atomic mass is 35.5. The van der Waals surface area contributed by atoms with Gasteiger partial charge in [0.2, 0.25) is 0 Å². The lowest BCUT2D eigenvalue weighted by Gasteiger charge is -2.27. The van der Waals surface area contributed by atoms with Crippen LogP contribution in [-0.2, 0) is 0 Å². The molecule has 0 saturated heterocycles. The largest absolute Gasteiger partial charge is 0.478 e. The molecule has 6 heteroatoms. The number of benzene rings is 3. The van der Waals surface area contributed by atoms with Crippen LogP contribution in [0.2, 0.25) is 5.02 Å². The Balaban J connectivity index is 0.00000342. The topological polar surface area (TPSA) is 102 Å². The van der Waals surface area contributed by atoms with E-state index in [2.05, 4.69) is 4.98 Å². The Morgan fingerprint density at radius 3 is 2.49 bits per heavy atom. The van der Waals surface area contributed by atoms with Gasteiger partial charge in [0, 0.05) is 16.3 Å². The highest BCUT2D eigenvalue weighted by Gasteiger charge is 2.26. The fourth-order valence-corrected chi connectivity index (χ4v) is 4.64. The molecule has 3 aromatic carbocycles. The molecule has 0 aliphatic heterocycles.